The molecule has 1 unspecified atom stereocenters. The molecule has 82 valence electrons. The third kappa shape index (κ3) is 3.18. The van der Waals surface area contributed by atoms with Crippen molar-refractivity contribution in [3.05, 3.63) is 34.6 Å². The average molecular weight is 231 g/mol. The molecule has 3 N–H and O–H groups in total. The summed E-state index contributed by atoms with van der Waals surface area (Å²) in [4.78, 5) is 11.5. The molecule has 0 aliphatic carbocycles. The van der Waals surface area contributed by atoms with Gasteiger partial charge in [0.05, 0.1) is 10.6 Å². The predicted octanol–water partition coefficient (Wildman–Crippen LogP) is 1.56. The monoisotopic (exact) mass is 230 g/mol. The molecule has 0 fully saturated rings. The molecule has 15 heavy (non-hydrogen) atoms. The summed E-state index contributed by atoms with van der Waals surface area (Å²) in [5.74, 6) is -1.21. The number of nitrogens with one attached hydrogen (secondary N) is 1. The van der Waals surface area contributed by atoms with E-state index in [1.165, 1.54) is 18.2 Å². The van der Waals surface area contributed by atoms with Crippen LogP contribution in [0.5, 0.6) is 0 Å². The van der Waals surface area contributed by atoms with E-state index < -0.39 is 11.7 Å². The highest BCUT2D eigenvalue weighted by Crippen LogP contribution is 2.17. The molecule has 5 heteroatoms. The van der Waals surface area contributed by atoms with Gasteiger partial charge < -0.3 is 11.1 Å². The molecule has 1 rings (SSSR count). The van der Waals surface area contributed by atoms with Crippen LogP contribution in [0, 0.1) is 5.82 Å². The highest BCUT2D eigenvalue weighted by Gasteiger charge is 2.13. The Labute approximate surface area is 92.4 Å². The maximum atomic E-state index is 13.4. The van der Waals surface area contributed by atoms with Crippen molar-refractivity contribution in [2.45, 2.75) is 13.0 Å². The van der Waals surface area contributed by atoms with E-state index in [1.807, 2.05) is 0 Å². The molecule has 0 bridgehead atoms. The van der Waals surface area contributed by atoms with Gasteiger partial charge in [0.25, 0.3) is 5.91 Å². The summed E-state index contributed by atoms with van der Waals surface area (Å²) in [7, 11) is 0. The van der Waals surface area contributed by atoms with Crippen LogP contribution in [0.25, 0.3) is 0 Å². The quantitative estimate of drug-likeness (QED) is 0.828. The van der Waals surface area contributed by atoms with Gasteiger partial charge in [0.2, 0.25) is 0 Å². The fraction of sp³-hybridized carbons (Fsp3) is 0.300. The van der Waals surface area contributed by atoms with Crippen molar-refractivity contribution in [3.8, 4) is 0 Å². The second-order valence-electron chi connectivity index (χ2n) is 3.29. The first-order valence-electron chi connectivity index (χ1n) is 4.50. The van der Waals surface area contributed by atoms with Crippen molar-refractivity contribution in [3.63, 3.8) is 0 Å². The van der Waals surface area contributed by atoms with Crippen LogP contribution in [0.3, 0.4) is 0 Å². The molecule has 1 atom stereocenters. The molecule has 0 aliphatic heterocycles. The summed E-state index contributed by atoms with van der Waals surface area (Å²) in [6.07, 6.45) is 0. The van der Waals surface area contributed by atoms with Gasteiger partial charge in [-0.05, 0) is 19.1 Å². The number of rotatable bonds is 3. The van der Waals surface area contributed by atoms with E-state index in [2.05, 4.69) is 5.32 Å². The number of nitrogens with two attached hydrogens (primary N) is 1. The van der Waals surface area contributed by atoms with Crippen LogP contribution in [0.4, 0.5) is 4.39 Å². The van der Waals surface area contributed by atoms with Crippen LogP contribution < -0.4 is 11.1 Å². The molecule has 0 heterocycles. The Kier molecular flexibility index (Phi) is 4.05. The van der Waals surface area contributed by atoms with Crippen molar-refractivity contribution in [1.82, 2.24) is 5.32 Å². The molecule has 0 aliphatic rings. The Bertz CT molecular complexity index is 368. The SMILES string of the molecule is CC(N)CNC(=O)c1cccc(Cl)c1F. The van der Waals surface area contributed by atoms with Gasteiger partial charge in [0.15, 0.2) is 5.82 Å². The number of amides is 1. The highest BCUT2D eigenvalue weighted by atomic mass is 35.5. The van der Waals surface area contributed by atoms with Crippen LogP contribution in [0.1, 0.15) is 17.3 Å². The van der Waals surface area contributed by atoms with Crippen LogP contribution in [0.2, 0.25) is 5.02 Å². The lowest BCUT2D eigenvalue weighted by molar-refractivity contribution is 0.0947. The molecular weight excluding hydrogens is 219 g/mol. The Morgan fingerprint density at radius 3 is 2.93 bits per heavy atom. The van der Waals surface area contributed by atoms with Gasteiger partial charge in [-0.15, -0.1) is 0 Å². The van der Waals surface area contributed by atoms with Crippen molar-refractivity contribution in [1.29, 1.82) is 0 Å². The fourth-order valence-electron chi connectivity index (χ4n) is 1.03. The van der Waals surface area contributed by atoms with Crippen LogP contribution in [-0.4, -0.2) is 18.5 Å². The Morgan fingerprint density at radius 1 is 1.67 bits per heavy atom. The number of hydrogen-bond acceptors (Lipinski definition) is 2. The zero-order valence-corrected chi connectivity index (χ0v) is 9.01. The number of benzene rings is 1. The van der Waals surface area contributed by atoms with Gasteiger partial charge in [0.1, 0.15) is 0 Å². The number of halogens is 2. The Morgan fingerprint density at radius 2 is 2.33 bits per heavy atom. The zero-order valence-electron chi connectivity index (χ0n) is 8.26. The third-order valence-electron chi connectivity index (χ3n) is 1.78. The molecule has 0 spiro atoms. The fourth-order valence-corrected chi connectivity index (χ4v) is 1.20. The molecule has 3 nitrogen and oxygen atoms in total. The minimum atomic E-state index is -0.707. The number of hydrogen-bond donors (Lipinski definition) is 2. The summed E-state index contributed by atoms with van der Waals surface area (Å²) in [5.41, 5.74) is 5.39. The minimum absolute atomic E-state index is 0.0663. The van der Waals surface area contributed by atoms with E-state index >= 15 is 0 Å². The van der Waals surface area contributed by atoms with E-state index in [1.54, 1.807) is 6.92 Å². The van der Waals surface area contributed by atoms with E-state index in [-0.39, 0.29) is 16.6 Å². The van der Waals surface area contributed by atoms with Gasteiger partial charge in [-0.3, -0.25) is 4.79 Å². The maximum Gasteiger partial charge on any atom is 0.254 e. The van der Waals surface area contributed by atoms with Gasteiger partial charge in [0, 0.05) is 12.6 Å². The van der Waals surface area contributed by atoms with Crippen LogP contribution in [0.15, 0.2) is 18.2 Å². The second kappa shape index (κ2) is 5.09. The molecule has 1 aromatic rings. The summed E-state index contributed by atoms with van der Waals surface area (Å²) in [6, 6.07) is 4.11. The average Bonchev–Trinajstić information content (AvgIpc) is 2.18. The van der Waals surface area contributed by atoms with Gasteiger partial charge in [-0.1, -0.05) is 17.7 Å². The summed E-state index contributed by atoms with van der Waals surface area (Å²) < 4.78 is 13.4. The summed E-state index contributed by atoms with van der Waals surface area (Å²) in [6.45, 7) is 2.04. The summed E-state index contributed by atoms with van der Waals surface area (Å²) in [5, 5.41) is 2.44. The first-order valence-corrected chi connectivity index (χ1v) is 4.88. The van der Waals surface area contributed by atoms with Gasteiger partial charge >= 0.3 is 0 Å². The van der Waals surface area contributed by atoms with Crippen molar-refractivity contribution in [2.75, 3.05) is 6.54 Å². The smallest absolute Gasteiger partial charge is 0.254 e. The number of carbonyl (C=O) groups is 1. The molecule has 1 aromatic carbocycles. The molecule has 1 amide bonds. The molecule has 0 aromatic heterocycles. The predicted molar refractivity (Wildman–Crippen MR) is 57.4 cm³/mol. The van der Waals surface area contributed by atoms with E-state index in [9.17, 15) is 9.18 Å². The van der Waals surface area contributed by atoms with E-state index in [0.29, 0.717) is 6.54 Å². The maximum absolute atomic E-state index is 13.4. The van der Waals surface area contributed by atoms with Crippen LogP contribution >= 0.6 is 11.6 Å². The molecule has 0 radical (unpaired) electrons. The highest BCUT2D eigenvalue weighted by molar-refractivity contribution is 6.31. The number of carbonyl (C=O) groups excluding carboxylic acids is 1. The zero-order chi connectivity index (χ0) is 11.4. The minimum Gasteiger partial charge on any atom is -0.350 e. The lowest BCUT2D eigenvalue weighted by atomic mass is 10.2. The topological polar surface area (TPSA) is 55.1 Å². The van der Waals surface area contributed by atoms with Crippen molar-refractivity contribution >= 4 is 17.5 Å². The van der Waals surface area contributed by atoms with E-state index in [4.69, 9.17) is 17.3 Å². The Hall–Kier alpha value is -1.13. The second-order valence-corrected chi connectivity index (χ2v) is 3.70. The third-order valence-corrected chi connectivity index (χ3v) is 2.07. The largest absolute Gasteiger partial charge is 0.350 e. The first-order chi connectivity index (χ1) is 7.02. The van der Waals surface area contributed by atoms with Gasteiger partial charge in [-0.25, -0.2) is 4.39 Å². The molecule has 0 saturated carbocycles. The molecular formula is C10H12ClFN2O. The van der Waals surface area contributed by atoms with Crippen molar-refractivity contribution in [2.24, 2.45) is 5.73 Å². The van der Waals surface area contributed by atoms with Crippen LogP contribution in [-0.2, 0) is 0 Å². The normalized spacial score (nSPS) is 12.3. The summed E-state index contributed by atoms with van der Waals surface area (Å²) >= 11 is 5.54. The van der Waals surface area contributed by atoms with Gasteiger partial charge in [-0.2, -0.15) is 0 Å². The molecule has 0 saturated heterocycles. The van der Waals surface area contributed by atoms with E-state index in [0.717, 1.165) is 0 Å². The Balaban J connectivity index is 2.78. The van der Waals surface area contributed by atoms with Crippen molar-refractivity contribution < 1.29 is 9.18 Å². The standard InChI is InChI=1S/C10H12ClFN2O/c1-6(13)5-14-10(15)7-3-2-4-8(11)9(7)12/h2-4,6H,5,13H2,1H3,(H,14,15). The lowest BCUT2D eigenvalue weighted by Crippen LogP contribution is -2.35. The first kappa shape index (κ1) is 11.9. The lowest BCUT2D eigenvalue weighted by Gasteiger charge is -2.08.